The number of terminal acetylenes is 1. The molecule has 3 aromatic carbocycles. The van der Waals surface area contributed by atoms with Crippen molar-refractivity contribution in [1.29, 1.82) is 0 Å². The van der Waals surface area contributed by atoms with Gasteiger partial charge in [-0.05, 0) is 55.0 Å². The van der Waals surface area contributed by atoms with Crippen molar-refractivity contribution in [2.24, 2.45) is 11.6 Å². The molecule has 12 heteroatoms. The van der Waals surface area contributed by atoms with Crippen molar-refractivity contribution in [3.8, 4) is 35.0 Å². The molecule has 0 aliphatic carbocycles. The summed E-state index contributed by atoms with van der Waals surface area (Å²) in [6.07, 6.45) is 5.97. The number of halogens is 4. The maximum Gasteiger partial charge on any atom is 0.338 e. The standard InChI is InChI=1S/C31H31F4N5O3/c1-3-22-24(32)8-5-17-11-21(41)13-23(26(17)22)27-25(33)12-18-14-38-15-19(39(4-2)31(42)40(37)10-9-36)6-7-20(38)16-43-29(18)28(27)30(34)35/h1,5,8-13,19-20,30,41H,4,6-7,14-16,36-37H2,2H3/b10-9-. The van der Waals surface area contributed by atoms with E-state index in [0.29, 0.717) is 25.9 Å². The van der Waals surface area contributed by atoms with Crippen molar-refractivity contribution in [3.05, 3.63) is 71.1 Å². The van der Waals surface area contributed by atoms with Gasteiger partial charge in [0.25, 0.3) is 6.43 Å². The molecule has 1 saturated heterocycles. The summed E-state index contributed by atoms with van der Waals surface area (Å²) in [5.74, 6) is 5.76. The van der Waals surface area contributed by atoms with Gasteiger partial charge < -0.3 is 20.5 Å². The Labute approximate surface area is 246 Å². The van der Waals surface area contributed by atoms with Gasteiger partial charge in [-0.25, -0.2) is 33.2 Å². The molecule has 5 N–H and O–H groups in total. The molecule has 2 aliphatic rings. The number of carbonyl (C=O) groups is 1. The van der Waals surface area contributed by atoms with Gasteiger partial charge in [0, 0.05) is 60.6 Å². The number of aromatic hydroxyl groups is 1. The number of likely N-dealkylation sites (N-methyl/N-ethyl adjacent to an activating group) is 1. The number of carbonyl (C=O) groups excluding carboxylic acids is 1. The number of urea groups is 1. The quantitative estimate of drug-likeness (QED) is 0.123. The summed E-state index contributed by atoms with van der Waals surface area (Å²) in [6, 6.07) is 5.08. The van der Waals surface area contributed by atoms with Crippen molar-refractivity contribution in [2.75, 3.05) is 19.7 Å². The van der Waals surface area contributed by atoms with E-state index in [1.54, 1.807) is 4.90 Å². The number of phenols is 1. The number of nitrogens with two attached hydrogens (primary N) is 2. The lowest BCUT2D eigenvalue weighted by Crippen LogP contribution is -2.56. The number of piperidine rings is 1. The largest absolute Gasteiger partial charge is 0.508 e. The highest BCUT2D eigenvalue weighted by molar-refractivity contribution is 6.02. The normalized spacial score (nSPS) is 18.6. The highest BCUT2D eigenvalue weighted by Crippen LogP contribution is 2.47. The number of hydrogen-bond donors (Lipinski definition) is 3. The van der Waals surface area contributed by atoms with Gasteiger partial charge in [0.1, 0.15) is 29.7 Å². The Bertz CT molecular complexity index is 1640. The number of nitrogens with zero attached hydrogens (tertiary/aromatic N) is 3. The second-order valence-corrected chi connectivity index (χ2v) is 10.5. The zero-order valence-electron chi connectivity index (χ0n) is 23.4. The number of hydrogen-bond acceptors (Lipinski definition) is 6. The first kappa shape index (κ1) is 30.0. The summed E-state index contributed by atoms with van der Waals surface area (Å²) in [4.78, 5) is 16.5. The molecule has 43 heavy (non-hydrogen) atoms. The molecular weight excluding hydrogens is 566 g/mol. The van der Waals surface area contributed by atoms with E-state index in [4.69, 9.17) is 22.7 Å². The first-order chi connectivity index (χ1) is 20.6. The van der Waals surface area contributed by atoms with Crippen LogP contribution < -0.4 is 16.3 Å². The van der Waals surface area contributed by atoms with Crippen LogP contribution in [-0.2, 0) is 6.54 Å². The van der Waals surface area contributed by atoms with Crippen molar-refractivity contribution < 1.29 is 32.2 Å². The van der Waals surface area contributed by atoms with Gasteiger partial charge >= 0.3 is 6.03 Å². The van der Waals surface area contributed by atoms with Crippen LogP contribution in [0.4, 0.5) is 22.4 Å². The molecule has 0 radical (unpaired) electrons. The summed E-state index contributed by atoms with van der Waals surface area (Å²) >= 11 is 0. The van der Waals surface area contributed by atoms with E-state index in [1.807, 2.05) is 11.8 Å². The molecule has 0 saturated carbocycles. The lowest BCUT2D eigenvalue weighted by Gasteiger charge is -2.42. The Kier molecular flexibility index (Phi) is 8.39. The Morgan fingerprint density at radius 1 is 1.26 bits per heavy atom. The number of fused-ring (bicyclic) bond motifs is 3. The maximum absolute atomic E-state index is 16.0. The highest BCUT2D eigenvalue weighted by atomic mass is 19.3. The van der Waals surface area contributed by atoms with Gasteiger partial charge in [-0.2, -0.15) is 0 Å². The van der Waals surface area contributed by atoms with Gasteiger partial charge in [0.2, 0.25) is 0 Å². The van der Waals surface area contributed by atoms with Crippen LogP contribution in [0.3, 0.4) is 0 Å². The summed E-state index contributed by atoms with van der Waals surface area (Å²) < 4.78 is 66.5. The number of hydrazine groups is 1. The summed E-state index contributed by atoms with van der Waals surface area (Å²) in [6.45, 7) is 2.70. The number of rotatable bonds is 5. The third-order valence-electron chi connectivity index (χ3n) is 8.11. The predicted molar refractivity (Wildman–Crippen MR) is 154 cm³/mol. The molecule has 2 atom stereocenters. The molecule has 1 fully saturated rings. The molecule has 3 aromatic rings. The fraction of sp³-hybridized carbons (Fsp3) is 0.323. The van der Waals surface area contributed by atoms with Crippen LogP contribution in [-0.4, -0.2) is 57.7 Å². The lowest BCUT2D eigenvalue weighted by atomic mass is 9.89. The van der Waals surface area contributed by atoms with E-state index in [2.05, 4.69) is 5.92 Å². The Morgan fingerprint density at radius 3 is 2.70 bits per heavy atom. The lowest BCUT2D eigenvalue weighted by molar-refractivity contribution is 0.0497. The van der Waals surface area contributed by atoms with E-state index >= 15 is 4.39 Å². The molecule has 2 amide bonds. The van der Waals surface area contributed by atoms with Gasteiger partial charge in [-0.15, -0.1) is 6.42 Å². The number of benzene rings is 3. The number of phenolic OH excluding ortho intramolecular Hbond substituents is 1. The average Bonchev–Trinajstić information content (AvgIpc) is 3.15. The molecule has 2 unspecified atom stereocenters. The minimum atomic E-state index is -3.18. The van der Waals surface area contributed by atoms with E-state index in [0.717, 1.165) is 29.4 Å². The highest BCUT2D eigenvalue weighted by Gasteiger charge is 2.38. The SMILES string of the molecule is C#Cc1c(F)ccc2cc(O)cc(-c3c(F)cc4c(c3C(F)F)OCC3CCC(N(CC)C(=O)N(N)/C=C\N)CN3C4)c12. The molecule has 2 aliphatic heterocycles. The van der Waals surface area contributed by atoms with Crippen LogP contribution in [0.15, 0.2) is 42.7 Å². The van der Waals surface area contributed by atoms with E-state index in [1.165, 1.54) is 18.3 Å². The molecule has 0 spiro atoms. The zero-order valence-corrected chi connectivity index (χ0v) is 23.4. The predicted octanol–water partition coefficient (Wildman–Crippen LogP) is 5.18. The molecule has 0 bridgehead atoms. The number of ether oxygens (including phenoxy) is 1. The molecule has 5 rings (SSSR count). The summed E-state index contributed by atoms with van der Waals surface area (Å²) in [5.41, 5.74) is 3.94. The topological polar surface area (TPSA) is 108 Å². The summed E-state index contributed by atoms with van der Waals surface area (Å²) in [5, 5.41) is 11.6. The second-order valence-electron chi connectivity index (χ2n) is 10.5. The Balaban J connectivity index is 1.59. The zero-order chi connectivity index (χ0) is 31.0. The van der Waals surface area contributed by atoms with Crippen LogP contribution in [0.2, 0.25) is 0 Å². The monoisotopic (exact) mass is 597 g/mol. The smallest absolute Gasteiger partial charge is 0.338 e. The average molecular weight is 598 g/mol. The van der Waals surface area contributed by atoms with Crippen molar-refractivity contribution >= 4 is 16.8 Å². The minimum absolute atomic E-state index is 0.0256. The molecule has 2 heterocycles. The fourth-order valence-electron chi connectivity index (χ4n) is 6.21. The molecular formula is C31H31F4N5O3. The number of alkyl halides is 2. The van der Waals surface area contributed by atoms with Gasteiger partial charge in [-0.1, -0.05) is 12.0 Å². The van der Waals surface area contributed by atoms with Crippen molar-refractivity contribution in [3.63, 3.8) is 0 Å². The first-order valence-electron chi connectivity index (χ1n) is 13.7. The molecule has 226 valence electrons. The number of amides is 2. The van der Waals surface area contributed by atoms with Crippen molar-refractivity contribution in [1.82, 2.24) is 14.8 Å². The Hall–Kier alpha value is -4.47. The van der Waals surface area contributed by atoms with Crippen LogP contribution in [0.1, 0.15) is 42.9 Å². The fourth-order valence-corrected chi connectivity index (χ4v) is 6.21. The minimum Gasteiger partial charge on any atom is -0.508 e. The van der Waals surface area contributed by atoms with Gasteiger partial charge in [0.15, 0.2) is 0 Å². The van der Waals surface area contributed by atoms with Crippen LogP contribution in [0.5, 0.6) is 11.5 Å². The van der Waals surface area contributed by atoms with E-state index < -0.39 is 35.2 Å². The summed E-state index contributed by atoms with van der Waals surface area (Å²) in [7, 11) is 0. The van der Waals surface area contributed by atoms with Gasteiger partial charge in [0.05, 0.1) is 11.1 Å². The maximum atomic E-state index is 16.0. The van der Waals surface area contributed by atoms with Gasteiger partial charge in [-0.3, -0.25) is 4.90 Å². The van der Waals surface area contributed by atoms with Crippen LogP contribution in [0, 0.1) is 24.0 Å². The third-order valence-corrected chi connectivity index (χ3v) is 8.11. The first-order valence-corrected chi connectivity index (χ1v) is 13.7. The van der Waals surface area contributed by atoms with Crippen LogP contribution >= 0.6 is 0 Å². The van der Waals surface area contributed by atoms with E-state index in [-0.39, 0.29) is 64.2 Å². The van der Waals surface area contributed by atoms with E-state index in [9.17, 15) is 23.1 Å². The molecule has 8 nitrogen and oxygen atoms in total. The Morgan fingerprint density at radius 2 is 2.02 bits per heavy atom. The second kappa shape index (κ2) is 12.0. The van der Waals surface area contributed by atoms with Crippen molar-refractivity contribution in [2.45, 2.75) is 44.8 Å². The third kappa shape index (κ3) is 5.42. The molecule has 0 aromatic heterocycles. The van der Waals surface area contributed by atoms with Crippen LogP contribution in [0.25, 0.3) is 21.9 Å².